The van der Waals surface area contributed by atoms with Gasteiger partial charge in [-0.25, -0.2) is 9.59 Å². The Bertz CT molecular complexity index is 1260. The Labute approximate surface area is 235 Å². The van der Waals surface area contributed by atoms with E-state index in [0.717, 1.165) is 11.1 Å². The van der Waals surface area contributed by atoms with Gasteiger partial charge in [0.1, 0.15) is 0 Å². The second kappa shape index (κ2) is 11.8. The molecule has 0 bridgehead atoms. The van der Waals surface area contributed by atoms with Crippen LogP contribution in [0.5, 0.6) is 0 Å². The van der Waals surface area contributed by atoms with Crippen molar-refractivity contribution in [1.82, 2.24) is 20.0 Å². The Morgan fingerprint density at radius 2 is 1.67 bits per heavy atom. The van der Waals surface area contributed by atoms with E-state index in [9.17, 15) is 14.4 Å². The van der Waals surface area contributed by atoms with E-state index in [1.54, 1.807) is 43.1 Å². The summed E-state index contributed by atoms with van der Waals surface area (Å²) in [6, 6.07) is 14.2. The summed E-state index contributed by atoms with van der Waals surface area (Å²) in [4.78, 5) is 44.8. The molecule has 2 aromatic carbocycles. The molecule has 2 aliphatic rings. The number of urea groups is 1. The molecule has 1 saturated heterocycles. The number of halogens is 1. The highest BCUT2D eigenvalue weighted by Gasteiger charge is 2.38. The summed E-state index contributed by atoms with van der Waals surface area (Å²) >= 11 is 6.24. The summed E-state index contributed by atoms with van der Waals surface area (Å²) in [6.07, 6.45) is 0. The lowest BCUT2D eigenvalue weighted by molar-refractivity contribution is -0.139. The van der Waals surface area contributed by atoms with Gasteiger partial charge in [-0.05, 0) is 35.6 Å². The molecule has 2 aromatic rings. The van der Waals surface area contributed by atoms with Crippen LogP contribution in [0.15, 0.2) is 59.8 Å². The van der Waals surface area contributed by atoms with Gasteiger partial charge >= 0.3 is 12.0 Å². The van der Waals surface area contributed by atoms with Crippen molar-refractivity contribution < 1.29 is 19.1 Å². The summed E-state index contributed by atoms with van der Waals surface area (Å²) in [5, 5.41) is 3.42. The van der Waals surface area contributed by atoms with E-state index in [1.807, 2.05) is 24.3 Å². The van der Waals surface area contributed by atoms with E-state index in [1.165, 1.54) is 4.90 Å². The van der Waals surface area contributed by atoms with Crippen molar-refractivity contribution in [2.45, 2.75) is 39.2 Å². The molecule has 0 spiro atoms. The van der Waals surface area contributed by atoms with Gasteiger partial charge in [0, 0.05) is 45.5 Å². The number of piperazine rings is 1. The Kier molecular flexibility index (Phi) is 8.67. The summed E-state index contributed by atoms with van der Waals surface area (Å²) in [5.74, 6) is -0.545. The molecule has 39 heavy (non-hydrogen) atoms. The first-order valence-electron chi connectivity index (χ1n) is 13.3. The normalized spacial score (nSPS) is 18.7. The Morgan fingerprint density at radius 1 is 1.03 bits per heavy atom. The first-order chi connectivity index (χ1) is 18.5. The van der Waals surface area contributed by atoms with E-state index < -0.39 is 12.0 Å². The number of carbonyl (C=O) groups is 3. The van der Waals surface area contributed by atoms with Gasteiger partial charge in [-0.3, -0.25) is 14.6 Å². The molecule has 0 radical (unpaired) electrons. The lowest BCUT2D eigenvalue weighted by atomic mass is 9.85. The Balaban J connectivity index is 1.58. The number of ether oxygens (including phenoxy) is 1. The number of hydrogen-bond donors (Lipinski definition) is 1. The molecule has 8 nitrogen and oxygen atoms in total. The molecule has 1 atom stereocenters. The molecule has 0 aromatic heterocycles. The van der Waals surface area contributed by atoms with Gasteiger partial charge in [-0.15, -0.1) is 0 Å². The van der Waals surface area contributed by atoms with Crippen LogP contribution in [-0.2, 0) is 14.9 Å². The maximum Gasteiger partial charge on any atom is 0.338 e. The standard InChI is InChI=1S/C30H37ClN4O4/c1-6-39-28(37)25-24(19-34-15-17-35(18-16-34)27(36)22-9-7-8-10-23(22)31)33(5)29(38)32-26(25)20-11-13-21(14-12-20)30(2,3)4/h7-14,26H,6,15-19H2,1-5H3,(H,32,38)/t26-/m0/s1. The van der Waals surface area contributed by atoms with Gasteiger partial charge in [0.15, 0.2) is 0 Å². The predicted molar refractivity (Wildman–Crippen MR) is 152 cm³/mol. The van der Waals surface area contributed by atoms with Gasteiger partial charge in [-0.2, -0.15) is 0 Å². The zero-order chi connectivity index (χ0) is 28.3. The molecule has 1 fully saturated rings. The average Bonchev–Trinajstić information content (AvgIpc) is 2.91. The number of esters is 1. The fourth-order valence-corrected chi connectivity index (χ4v) is 5.17. The number of rotatable bonds is 6. The molecule has 2 aliphatic heterocycles. The van der Waals surface area contributed by atoms with Crippen molar-refractivity contribution in [2.24, 2.45) is 0 Å². The smallest absolute Gasteiger partial charge is 0.338 e. The molecule has 3 amide bonds. The van der Waals surface area contributed by atoms with Crippen molar-refractivity contribution in [3.05, 3.63) is 81.5 Å². The monoisotopic (exact) mass is 552 g/mol. The van der Waals surface area contributed by atoms with Gasteiger partial charge in [0.2, 0.25) is 0 Å². The summed E-state index contributed by atoms with van der Waals surface area (Å²) in [5.41, 5.74) is 3.49. The van der Waals surface area contributed by atoms with Crippen molar-refractivity contribution in [3.8, 4) is 0 Å². The number of amides is 3. The summed E-state index contributed by atoms with van der Waals surface area (Å²) in [6.45, 7) is 11.0. The first-order valence-corrected chi connectivity index (χ1v) is 13.7. The summed E-state index contributed by atoms with van der Waals surface area (Å²) in [7, 11) is 1.67. The van der Waals surface area contributed by atoms with Crippen LogP contribution in [0.1, 0.15) is 55.2 Å². The number of nitrogens with one attached hydrogen (secondary N) is 1. The van der Waals surface area contributed by atoms with Crippen LogP contribution >= 0.6 is 11.6 Å². The van der Waals surface area contributed by atoms with Crippen LogP contribution in [0.25, 0.3) is 0 Å². The SMILES string of the molecule is CCOC(=O)C1=C(CN2CCN(C(=O)c3ccccc3Cl)CC2)N(C)C(=O)N[C@H]1c1ccc(C(C)(C)C)cc1. The van der Waals surface area contributed by atoms with Crippen molar-refractivity contribution in [2.75, 3.05) is 46.4 Å². The fraction of sp³-hybridized carbons (Fsp3) is 0.433. The summed E-state index contributed by atoms with van der Waals surface area (Å²) < 4.78 is 5.46. The molecule has 1 N–H and O–H groups in total. The Morgan fingerprint density at radius 3 is 2.26 bits per heavy atom. The van der Waals surface area contributed by atoms with Crippen LogP contribution in [0.3, 0.4) is 0 Å². The van der Waals surface area contributed by atoms with Crippen molar-refractivity contribution >= 4 is 29.5 Å². The van der Waals surface area contributed by atoms with Gasteiger partial charge < -0.3 is 15.0 Å². The maximum atomic E-state index is 13.3. The van der Waals surface area contributed by atoms with E-state index in [-0.39, 0.29) is 24.0 Å². The molecule has 9 heteroatoms. The largest absolute Gasteiger partial charge is 0.463 e. The van der Waals surface area contributed by atoms with E-state index in [0.29, 0.717) is 54.6 Å². The third kappa shape index (κ3) is 6.28. The van der Waals surface area contributed by atoms with E-state index >= 15 is 0 Å². The lowest BCUT2D eigenvalue weighted by Gasteiger charge is -2.39. The Hall–Kier alpha value is -3.36. The van der Waals surface area contributed by atoms with Crippen LogP contribution in [0, 0.1) is 0 Å². The van der Waals surface area contributed by atoms with Gasteiger partial charge in [0.25, 0.3) is 5.91 Å². The topological polar surface area (TPSA) is 82.2 Å². The highest BCUT2D eigenvalue weighted by atomic mass is 35.5. The third-order valence-corrected chi connectivity index (χ3v) is 7.65. The molecule has 0 saturated carbocycles. The van der Waals surface area contributed by atoms with E-state index in [2.05, 4.69) is 31.0 Å². The van der Waals surface area contributed by atoms with E-state index in [4.69, 9.17) is 16.3 Å². The van der Waals surface area contributed by atoms with Crippen LogP contribution in [-0.4, -0.2) is 79.0 Å². The number of hydrogen-bond acceptors (Lipinski definition) is 5. The average molecular weight is 553 g/mol. The highest BCUT2D eigenvalue weighted by molar-refractivity contribution is 6.33. The fourth-order valence-electron chi connectivity index (χ4n) is 4.95. The molecule has 0 unspecified atom stereocenters. The molecule has 2 heterocycles. The predicted octanol–water partition coefficient (Wildman–Crippen LogP) is 4.61. The quantitative estimate of drug-likeness (QED) is 0.529. The number of likely N-dealkylation sites (N-methyl/N-ethyl adjacent to an activating group) is 1. The molecular weight excluding hydrogens is 516 g/mol. The maximum absolute atomic E-state index is 13.3. The zero-order valence-corrected chi connectivity index (χ0v) is 24.0. The van der Waals surface area contributed by atoms with Gasteiger partial charge in [0.05, 0.1) is 28.8 Å². The highest BCUT2D eigenvalue weighted by Crippen LogP contribution is 2.33. The first kappa shape index (κ1) is 28.6. The second-order valence-electron chi connectivity index (χ2n) is 10.9. The minimum Gasteiger partial charge on any atom is -0.463 e. The molecule has 0 aliphatic carbocycles. The van der Waals surface area contributed by atoms with Crippen molar-refractivity contribution in [3.63, 3.8) is 0 Å². The van der Waals surface area contributed by atoms with Gasteiger partial charge in [-0.1, -0.05) is 68.8 Å². The van der Waals surface area contributed by atoms with Crippen LogP contribution < -0.4 is 5.32 Å². The molecule has 4 rings (SSSR count). The van der Waals surface area contributed by atoms with Crippen molar-refractivity contribution in [1.29, 1.82) is 0 Å². The van der Waals surface area contributed by atoms with Crippen LogP contribution in [0.4, 0.5) is 4.79 Å². The lowest BCUT2D eigenvalue weighted by Crippen LogP contribution is -2.53. The minimum atomic E-state index is -0.625. The minimum absolute atomic E-state index is 0.0189. The molecular formula is C30H37ClN4O4. The molecule has 208 valence electrons. The third-order valence-electron chi connectivity index (χ3n) is 7.32. The number of carbonyl (C=O) groups excluding carboxylic acids is 3. The van der Waals surface area contributed by atoms with Crippen LogP contribution in [0.2, 0.25) is 5.02 Å². The number of benzene rings is 2. The number of nitrogens with zero attached hydrogens (tertiary/aromatic N) is 3. The second-order valence-corrected chi connectivity index (χ2v) is 11.3. The zero-order valence-electron chi connectivity index (χ0n) is 23.3.